The van der Waals surface area contributed by atoms with Crippen LogP contribution in [0.15, 0.2) is 36.7 Å². The summed E-state index contributed by atoms with van der Waals surface area (Å²) >= 11 is 0. The number of aromatic nitrogens is 2. The van der Waals surface area contributed by atoms with Gasteiger partial charge in [0.2, 0.25) is 0 Å². The Kier molecular flexibility index (Phi) is 3.84. The number of hydrogen-bond donors (Lipinski definition) is 1. The molecule has 8 heteroatoms. The Bertz CT molecular complexity index is 708. The number of alkyl halides is 3. The average molecular weight is 292 g/mol. The Balaban J connectivity index is 2.29. The van der Waals surface area contributed by atoms with Gasteiger partial charge in [-0.3, -0.25) is 4.79 Å². The van der Waals surface area contributed by atoms with Crippen molar-refractivity contribution in [3.05, 3.63) is 53.3 Å². The Morgan fingerprint density at radius 2 is 2.00 bits per heavy atom. The monoisotopic (exact) mass is 292 g/mol. The van der Waals surface area contributed by atoms with E-state index >= 15 is 0 Å². The second-order valence-electron chi connectivity index (χ2n) is 3.96. The maximum Gasteiger partial charge on any atom is 0.416 e. The standard InChI is InChI=1S/C13H7F3N4O/c14-13(15,16)10-1-2-11(9(5-10)6-17)20-12(21)8-3-4-18-19-7-8/h1-5,7H,(H,20,21). The lowest BCUT2D eigenvalue weighted by molar-refractivity contribution is -0.137. The van der Waals surface area contributed by atoms with Crippen molar-refractivity contribution in [2.24, 2.45) is 0 Å². The first-order valence-electron chi connectivity index (χ1n) is 5.61. The lowest BCUT2D eigenvalue weighted by Gasteiger charge is -2.10. The summed E-state index contributed by atoms with van der Waals surface area (Å²) in [6.45, 7) is 0. The Morgan fingerprint density at radius 3 is 2.57 bits per heavy atom. The normalized spacial score (nSPS) is 10.8. The third-order valence-electron chi connectivity index (χ3n) is 2.56. The van der Waals surface area contributed by atoms with E-state index in [9.17, 15) is 18.0 Å². The van der Waals surface area contributed by atoms with Gasteiger partial charge in [0.15, 0.2) is 0 Å². The molecule has 0 aliphatic rings. The Morgan fingerprint density at radius 1 is 1.24 bits per heavy atom. The number of anilines is 1. The van der Waals surface area contributed by atoms with Crippen LogP contribution in [-0.4, -0.2) is 16.1 Å². The maximum atomic E-state index is 12.6. The van der Waals surface area contributed by atoms with Crippen molar-refractivity contribution in [2.45, 2.75) is 6.18 Å². The highest BCUT2D eigenvalue weighted by Crippen LogP contribution is 2.31. The fraction of sp³-hybridized carbons (Fsp3) is 0.0769. The number of nitrogens with one attached hydrogen (secondary N) is 1. The van der Waals surface area contributed by atoms with E-state index in [-0.39, 0.29) is 16.8 Å². The summed E-state index contributed by atoms with van der Waals surface area (Å²) in [5.41, 5.74) is -1.07. The molecule has 0 fully saturated rings. The first-order chi connectivity index (χ1) is 9.91. The van der Waals surface area contributed by atoms with Gasteiger partial charge in [-0.1, -0.05) is 0 Å². The number of carbonyl (C=O) groups is 1. The molecule has 5 nitrogen and oxygen atoms in total. The zero-order valence-electron chi connectivity index (χ0n) is 10.3. The van der Waals surface area contributed by atoms with Gasteiger partial charge in [-0.15, -0.1) is 0 Å². The molecule has 2 aromatic rings. The molecule has 0 saturated carbocycles. The van der Waals surface area contributed by atoms with E-state index in [0.717, 1.165) is 12.1 Å². The van der Waals surface area contributed by atoms with Crippen molar-refractivity contribution in [3.8, 4) is 6.07 Å². The number of nitrogens with zero attached hydrogens (tertiary/aromatic N) is 3. The quantitative estimate of drug-likeness (QED) is 0.922. The van der Waals surface area contributed by atoms with Crippen molar-refractivity contribution in [1.82, 2.24) is 10.2 Å². The van der Waals surface area contributed by atoms with E-state index in [1.165, 1.54) is 18.5 Å². The van der Waals surface area contributed by atoms with Gasteiger partial charge in [-0.2, -0.15) is 28.6 Å². The number of hydrogen-bond acceptors (Lipinski definition) is 4. The Labute approximate surface area is 117 Å². The first-order valence-corrected chi connectivity index (χ1v) is 5.61. The van der Waals surface area contributed by atoms with Crippen LogP contribution >= 0.6 is 0 Å². The molecule has 0 aliphatic heterocycles. The summed E-state index contributed by atoms with van der Waals surface area (Å²) in [4.78, 5) is 11.9. The van der Waals surface area contributed by atoms with Crippen molar-refractivity contribution < 1.29 is 18.0 Å². The minimum absolute atomic E-state index is 0.00712. The van der Waals surface area contributed by atoms with Crippen LogP contribution < -0.4 is 5.32 Å². The second kappa shape index (κ2) is 5.58. The van der Waals surface area contributed by atoms with Crippen molar-refractivity contribution in [3.63, 3.8) is 0 Å². The molecule has 0 atom stereocenters. The van der Waals surface area contributed by atoms with Gasteiger partial charge in [0.05, 0.1) is 34.8 Å². The van der Waals surface area contributed by atoms with Crippen molar-refractivity contribution in [1.29, 1.82) is 5.26 Å². The van der Waals surface area contributed by atoms with Crippen LogP contribution in [0.5, 0.6) is 0 Å². The van der Waals surface area contributed by atoms with Gasteiger partial charge in [0.25, 0.3) is 5.91 Å². The van der Waals surface area contributed by atoms with E-state index in [1.54, 1.807) is 6.07 Å². The molecule has 0 radical (unpaired) electrons. The highest BCUT2D eigenvalue weighted by atomic mass is 19.4. The van der Waals surface area contributed by atoms with Crippen LogP contribution in [0.3, 0.4) is 0 Å². The summed E-state index contributed by atoms with van der Waals surface area (Å²) in [6, 6.07) is 5.52. The number of benzene rings is 1. The summed E-state index contributed by atoms with van der Waals surface area (Å²) in [5.74, 6) is -0.596. The van der Waals surface area contributed by atoms with Crippen LogP contribution in [-0.2, 0) is 6.18 Å². The van der Waals surface area contributed by atoms with Crippen LogP contribution in [0.2, 0.25) is 0 Å². The molecule has 1 heterocycles. The van der Waals surface area contributed by atoms with E-state index in [2.05, 4.69) is 15.5 Å². The highest BCUT2D eigenvalue weighted by molar-refractivity contribution is 6.04. The third-order valence-corrected chi connectivity index (χ3v) is 2.56. The zero-order chi connectivity index (χ0) is 15.5. The zero-order valence-corrected chi connectivity index (χ0v) is 10.3. The molecular weight excluding hydrogens is 285 g/mol. The number of carbonyl (C=O) groups excluding carboxylic acids is 1. The minimum Gasteiger partial charge on any atom is -0.321 e. The number of rotatable bonds is 2. The van der Waals surface area contributed by atoms with Gasteiger partial charge < -0.3 is 5.32 Å². The SMILES string of the molecule is N#Cc1cc(C(F)(F)F)ccc1NC(=O)c1ccnnc1. The third kappa shape index (κ3) is 3.33. The molecule has 1 amide bonds. The molecule has 1 N–H and O–H groups in total. The fourth-order valence-corrected chi connectivity index (χ4v) is 1.54. The molecule has 2 rings (SSSR count). The second-order valence-corrected chi connectivity index (χ2v) is 3.96. The molecule has 0 unspecified atom stereocenters. The van der Waals surface area contributed by atoms with Crippen molar-refractivity contribution in [2.75, 3.05) is 5.32 Å². The van der Waals surface area contributed by atoms with E-state index in [1.807, 2.05) is 0 Å². The lowest BCUT2D eigenvalue weighted by atomic mass is 10.1. The van der Waals surface area contributed by atoms with Gasteiger partial charge in [0.1, 0.15) is 6.07 Å². The molecule has 106 valence electrons. The molecule has 0 bridgehead atoms. The molecular formula is C13H7F3N4O. The van der Waals surface area contributed by atoms with E-state index in [0.29, 0.717) is 6.07 Å². The molecule has 0 aliphatic carbocycles. The van der Waals surface area contributed by atoms with E-state index in [4.69, 9.17) is 5.26 Å². The molecule has 0 saturated heterocycles. The molecule has 21 heavy (non-hydrogen) atoms. The predicted molar refractivity (Wildman–Crippen MR) is 66.1 cm³/mol. The van der Waals surface area contributed by atoms with Gasteiger partial charge in [-0.25, -0.2) is 0 Å². The van der Waals surface area contributed by atoms with Crippen LogP contribution in [0, 0.1) is 11.3 Å². The van der Waals surface area contributed by atoms with Crippen LogP contribution in [0.4, 0.5) is 18.9 Å². The van der Waals surface area contributed by atoms with Crippen LogP contribution in [0.25, 0.3) is 0 Å². The van der Waals surface area contributed by atoms with Gasteiger partial charge in [-0.05, 0) is 24.3 Å². The van der Waals surface area contributed by atoms with Gasteiger partial charge >= 0.3 is 6.18 Å². The fourth-order valence-electron chi connectivity index (χ4n) is 1.54. The smallest absolute Gasteiger partial charge is 0.321 e. The lowest BCUT2D eigenvalue weighted by Crippen LogP contribution is -2.14. The summed E-state index contributed by atoms with van der Waals surface area (Å²) in [6.07, 6.45) is -2.05. The molecule has 0 spiro atoms. The summed E-state index contributed by atoms with van der Waals surface area (Å²) in [5, 5.41) is 18.3. The number of halogens is 3. The van der Waals surface area contributed by atoms with Gasteiger partial charge in [0, 0.05) is 0 Å². The molecule has 1 aromatic carbocycles. The topological polar surface area (TPSA) is 78.7 Å². The summed E-state index contributed by atoms with van der Waals surface area (Å²) < 4.78 is 37.7. The van der Waals surface area contributed by atoms with E-state index < -0.39 is 17.6 Å². The Hall–Kier alpha value is -2.95. The average Bonchev–Trinajstić information content (AvgIpc) is 2.47. The van der Waals surface area contributed by atoms with Crippen LogP contribution in [0.1, 0.15) is 21.5 Å². The maximum absolute atomic E-state index is 12.6. The largest absolute Gasteiger partial charge is 0.416 e. The number of nitriles is 1. The molecule has 1 aromatic heterocycles. The summed E-state index contributed by atoms with van der Waals surface area (Å²) in [7, 11) is 0. The van der Waals surface area contributed by atoms with Crippen molar-refractivity contribution >= 4 is 11.6 Å². The highest BCUT2D eigenvalue weighted by Gasteiger charge is 2.31. The first kappa shape index (κ1) is 14.5. The predicted octanol–water partition coefficient (Wildman–Crippen LogP) is 2.62. The minimum atomic E-state index is -4.55. The number of amides is 1.